The summed E-state index contributed by atoms with van der Waals surface area (Å²) in [6, 6.07) is 10.9. The molecule has 0 fully saturated rings. The number of aliphatic hydroxyl groups is 1. The Morgan fingerprint density at radius 3 is 2.65 bits per heavy atom. The van der Waals surface area contributed by atoms with Crippen LogP contribution in [-0.4, -0.2) is 22.7 Å². The Morgan fingerprint density at radius 2 is 2.00 bits per heavy atom. The van der Waals surface area contributed by atoms with Crippen LogP contribution in [0.4, 0.5) is 4.39 Å². The highest BCUT2D eigenvalue weighted by atomic mass is 35.5. The van der Waals surface area contributed by atoms with Gasteiger partial charge in [0.2, 0.25) is 0 Å². The third-order valence-electron chi connectivity index (χ3n) is 3.06. The van der Waals surface area contributed by atoms with Gasteiger partial charge in [-0.05, 0) is 18.1 Å². The van der Waals surface area contributed by atoms with E-state index in [0.29, 0.717) is 12.0 Å². The van der Waals surface area contributed by atoms with Crippen molar-refractivity contribution in [1.29, 1.82) is 0 Å². The SMILES string of the molecule is OC[C@@H](Cc1ccccc1)NCc1c(F)ccnc1Cl. The topological polar surface area (TPSA) is 45.1 Å². The van der Waals surface area contributed by atoms with Gasteiger partial charge in [-0.1, -0.05) is 41.9 Å². The number of hydrogen-bond acceptors (Lipinski definition) is 3. The van der Waals surface area contributed by atoms with Crippen molar-refractivity contribution in [2.75, 3.05) is 6.61 Å². The maximum absolute atomic E-state index is 13.6. The molecular formula is C15H16ClFN2O. The molecule has 2 rings (SSSR count). The summed E-state index contributed by atoms with van der Waals surface area (Å²) in [5.41, 5.74) is 1.43. The van der Waals surface area contributed by atoms with E-state index in [-0.39, 0.29) is 24.3 Å². The number of pyridine rings is 1. The average Bonchev–Trinajstić information content (AvgIpc) is 2.46. The van der Waals surface area contributed by atoms with Gasteiger partial charge in [-0.15, -0.1) is 0 Å². The molecule has 0 radical (unpaired) electrons. The lowest BCUT2D eigenvalue weighted by molar-refractivity contribution is 0.240. The molecule has 0 aliphatic heterocycles. The van der Waals surface area contributed by atoms with Crippen LogP contribution in [0.25, 0.3) is 0 Å². The van der Waals surface area contributed by atoms with Gasteiger partial charge < -0.3 is 10.4 Å². The van der Waals surface area contributed by atoms with E-state index >= 15 is 0 Å². The van der Waals surface area contributed by atoms with Gasteiger partial charge in [0.25, 0.3) is 0 Å². The van der Waals surface area contributed by atoms with E-state index in [4.69, 9.17) is 11.6 Å². The molecular weight excluding hydrogens is 279 g/mol. The number of rotatable bonds is 6. The minimum Gasteiger partial charge on any atom is -0.395 e. The van der Waals surface area contributed by atoms with E-state index in [0.717, 1.165) is 5.56 Å². The van der Waals surface area contributed by atoms with Gasteiger partial charge >= 0.3 is 0 Å². The van der Waals surface area contributed by atoms with Gasteiger partial charge in [0.1, 0.15) is 11.0 Å². The van der Waals surface area contributed by atoms with E-state index < -0.39 is 5.82 Å². The first kappa shape index (κ1) is 14.9. The normalized spacial score (nSPS) is 12.3. The van der Waals surface area contributed by atoms with Gasteiger partial charge in [-0.2, -0.15) is 0 Å². The molecule has 106 valence electrons. The second kappa shape index (κ2) is 7.33. The molecule has 1 heterocycles. The smallest absolute Gasteiger partial charge is 0.136 e. The molecule has 0 saturated heterocycles. The second-order valence-electron chi connectivity index (χ2n) is 4.51. The second-order valence-corrected chi connectivity index (χ2v) is 4.87. The molecule has 1 atom stereocenters. The summed E-state index contributed by atoms with van der Waals surface area (Å²) in [6.07, 6.45) is 1.99. The highest BCUT2D eigenvalue weighted by Gasteiger charge is 2.12. The Balaban J connectivity index is 1.97. The maximum atomic E-state index is 13.6. The molecule has 1 aromatic carbocycles. The lowest BCUT2D eigenvalue weighted by Gasteiger charge is -2.17. The number of halogens is 2. The third-order valence-corrected chi connectivity index (χ3v) is 3.38. The summed E-state index contributed by atoms with van der Waals surface area (Å²) in [6.45, 7) is 0.199. The van der Waals surface area contributed by atoms with E-state index in [1.807, 2.05) is 30.3 Å². The molecule has 5 heteroatoms. The van der Waals surface area contributed by atoms with Gasteiger partial charge in [0, 0.05) is 24.3 Å². The summed E-state index contributed by atoms with van der Waals surface area (Å²) >= 11 is 5.86. The fraction of sp³-hybridized carbons (Fsp3) is 0.267. The Bertz CT molecular complexity index is 531. The highest BCUT2D eigenvalue weighted by Crippen LogP contribution is 2.16. The summed E-state index contributed by atoms with van der Waals surface area (Å²) < 4.78 is 13.6. The Hall–Kier alpha value is -1.49. The molecule has 0 spiro atoms. The van der Waals surface area contributed by atoms with Crippen LogP contribution in [0, 0.1) is 5.82 Å². The maximum Gasteiger partial charge on any atom is 0.136 e. The predicted octanol–water partition coefficient (Wildman–Crippen LogP) is 2.57. The van der Waals surface area contributed by atoms with Crippen LogP contribution >= 0.6 is 11.6 Å². The van der Waals surface area contributed by atoms with Crippen molar-refractivity contribution in [2.24, 2.45) is 0 Å². The number of nitrogens with one attached hydrogen (secondary N) is 1. The third kappa shape index (κ3) is 4.00. The number of benzene rings is 1. The van der Waals surface area contributed by atoms with Crippen molar-refractivity contribution in [2.45, 2.75) is 19.0 Å². The predicted molar refractivity (Wildman–Crippen MR) is 77.1 cm³/mol. The van der Waals surface area contributed by atoms with Crippen LogP contribution in [0.1, 0.15) is 11.1 Å². The zero-order valence-corrected chi connectivity index (χ0v) is 11.6. The number of hydrogen-bond donors (Lipinski definition) is 2. The lowest BCUT2D eigenvalue weighted by Crippen LogP contribution is -2.34. The first-order valence-electron chi connectivity index (χ1n) is 6.37. The van der Waals surface area contributed by atoms with Crippen molar-refractivity contribution in [1.82, 2.24) is 10.3 Å². The van der Waals surface area contributed by atoms with Crippen LogP contribution in [0.2, 0.25) is 5.15 Å². The van der Waals surface area contributed by atoms with Gasteiger partial charge in [0.15, 0.2) is 0 Å². The van der Waals surface area contributed by atoms with E-state index in [2.05, 4.69) is 10.3 Å². The summed E-state index contributed by atoms with van der Waals surface area (Å²) in [4.78, 5) is 3.85. The average molecular weight is 295 g/mol. The number of nitrogens with zero attached hydrogens (tertiary/aromatic N) is 1. The van der Waals surface area contributed by atoms with Crippen LogP contribution in [0.15, 0.2) is 42.6 Å². The van der Waals surface area contributed by atoms with Crippen molar-refractivity contribution in [3.63, 3.8) is 0 Å². The van der Waals surface area contributed by atoms with Crippen molar-refractivity contribution >= 4 is 11.6 Å². The first-order valence-corrected chi connectivity index (χ1v) is 6.75. The highest BCUT2D eigenvalue weighted by molar-refractivity contribution is 6.30. The molecule has 1 aromatic heterocycles. The minimum atomic E-state index is -0.395. The summed E-state index contributed by atoms with van der Waals surface area (Å²) in [5, 5.41) is 12.6. The minimum absolute atomic E-state index is 0.0333. The molecule has 0 aliphatic rings. The number of aliphatic hydroxyl groups excluding tert-OH is 1. The van der Waals surface area contributed by atoms with Crippen LogP contribution in [-0.2, 0) is 13.0 Å². The zero-order valence-electron chi connectivity index (χ0n) is 10.9. The Labute approximate surface area is 122 Å². The van der Waals surface area contributed by atoms with Crippen molar-refractivity contribution in [3.05, 3.63) is 64.7 Å². The molecule has 20 heavy (non-hydrogen) atoms. The standard InChI is InChI=1S/C15H16ClFN2O/c16-15-13(14(17)6-7-18-15)9-19-12(10-20)8-11-4-2-1-3-5-11/h1-7,12,19-20H,8-10H2/t12-/m1/s1. The lowest BCUT2D eigenvalue weighted by atomic mass is 10.1. The molecule has 0 saturated carbocycles. The van der Waals surface area contributed by atoms with E-state index in [9.17, 15) is 9.50 Å². The molecule has 3 nitrogen and oxygen atoms in total. The zero-order chi connectivity index (χ0) is 14.4. The van der Waals surface area contributed by atoms with Crippen LogP contribution < -0.4 is 5.32 Å². The Kier molecular flexibility index (Phi) is 5.47. The van der Waals surface area contributed by atoms with Crippen LogP contribution in [0.5, 0.6) is 0 Å². The fourth-order valence-corrected chi connectivity index (χ4v) is 2.16. The molecule has 0 amide bonds. The van der Waals surface area contributed by atoms with E-state index in [1.54, 1.807) is 0 Å². The van der Waals surface area contributed by atoms with Crippen LogP contribution in [0.3, 0.4) is 0 Å². The molecule has 2 aromatic rings. The summed E-state index contributed by atoms with van der Waals surface area (Å²) in [5.74, 6) is -0.395. The van der Waals surface area contributed by atoms with Gasteiger partial charge in [-0.25, -0.2) is 9.37 Å². The van der Waals surface area contributed by atoms with Crippen molar-refractivity contribution in [3.8, 4) is 0 Å². The van der Waals surface area contributed by atoms with Crippen molar-refractivity contribution < 1.29 is 9.50 Å². The van der Waals surface area contributed by atoms with Gasteiger partial charge in [0.05, 0.1) is 6.61 Å². The largest absolute Gasteiger partial charge is 0.395 e. The monoisotopic (exact) mass is 294 g/mol. The quantitative estimate of drug-likeness (QED) is 0.805. The van der Waals surface area contributed by atoms with Gasteiger partial charge in [-0.3, -0.25) is 0 Å². The first-order chi connectivity index (χ1) is 9.70. The molecule has 2 N–H and O–H groups in total. The molecule has 0 bridgehead atoms. The molecule has 0 unspecified atom stereocenters. The summed E-state index contributed by atoms with van der Waals surface area (Å²) in [7, 11) is 0. The fourth-order valence-electron chi connectivity index (χ4n) is 1.95. The van der Waals surface area contributed by atoms with E-state index in [1.165, 1.54) is 12.3 Å². The molecule has 0 aliphatic carbocycles. The Morgan fingerprint density at radius 1 is 1.25 bits per heavy atom. The number of aromatic nitrogens is 1.